The van der Waals surface area contributed by atoms with Gasteiger partial charge in [-0.05, 0) is 30.5 Å². The maximum atomic E-state index is 10.9. The molecule has 0 aliphatic rings. The van der Waals surface area contributed by atoms with Gasteiger partial charge in [0.1, 0.15) is 10.8 Å². The minimum absolute atomic E-state index is 0.441. The van der Waals surface area contributed by atoms with Crippen LogP contribution in [0.5, 0.6) is 5.75 Å². The highest BCUT2D eigenvalue weighted by Gasteiger charge is 2.14. The Hall–Kier alpha value is -1.68. The number of rotatable bonds is 4. The highest BCUT2D eigenvalue weighted by Crippen LogP contribution is 2.36. The van der Waals surface area contributed by atoms with E-state index in [-0.39, 0.29) is 0 Å². The fourth-order valence-electron chi connectivity index (χ4n) is 1.88. The monoisotopic (exact) mass is 275 g/mol. The Balaban J connectivity index is 2.57. The first-order chi connectivity index (χ1) is 9.06. The number of hydrogen-bond acceptors (Lipinski definition) is 4. The van der Waals surface area contributed by atoms with E-state index in [9.17, 15) is 4.79 Å². The number of nitrogens with zero attached hydrogens (tertiary/aromatic N) is 1. The second kappa shape index (κ2) is 5.53. The van der Waals surface area contributed by atoms with E-state index in [1.54, 1.807) is 7.11 Å². The van der Waals surface area contributed by atoms with Crippen LogP contribution in [0.15, 0.2) is 18.2 Å². The van der Waals surface area contributed by atoms with Crippen LogP contribution in [0, 0.1) is 6.92 Å². The standard InChI is InChI=1S/C15H17NO2S/c1-9(2)11-5-6-13(18-4)12(7-11)15-16-10(3)14(8-17)19-15/h5-9H,1-4H3. The molecule has 0 spiro atoms. The first-order valence-electron chi connectivity index (χ1n) is 6.17. The third-order valence-electron chi connectivity index (χ3n) is 3.06. The van der Waals surface area contributed by atoms with Crippen LogP contribution >= 0.6 is 11.3 Å². The normalized spacial score (nSPS) is 10.8. The third kappa shape index (κ3) is 2.68. The van der Waals surface area contributed by atoms with Gasteiger partial charge in [0, 0.05) is 0 Å². The van der Waals surface area contributed by atoms with Gasteiger partial charge in [-0.3, -0.25) is 4.79 Å². The highest BCUT2D eigenvalue weighted by molar-refractivity contribution is 7.16. The summed E-state index contributed by atoms with van der Waals surface area (Å²) in [4.78, 5) is 16.1. The summed E-state index contributed by atoms with van der Waals surface area (Å²) in [6, 6.07) is 6.12. The maximum absolute atomic E-state index is 10.9. The van der Waals surface area contributed by atoms with Gasteiger partial charge in [0.2, 0.25) is 0 Å². The highest BCUT2D eigenvalue weighted by atomic mass is 32.1. The van der Waals surface area contributed by atoms with Crippen molar-refractivity contribution in [2.24, 2.45) is 0 Å². The molecule has 0 N–H and O–H groups in total. The van der Waals surface area contributed by atoms with E-state index >= 15 is 0 Å². The van der Waals surface area contributed by atoms with E-state index in [4.69, 9.17) is 4.74 Å². The molecule has 0 amide bonds. The predicted octanol–water partition coefficient (Wildman–Crippen LogP) is 4.06. The molecule has 0 radical (unpaired) electrons. The second-order valence-electron chi connectivity index (χ2n) is 4.70. The van der Waals surface area contributed by atoms with Crippen LogP contribution < -0.4 is 4.74 Å². The van der Waals surface area contributed by atoms with Gasteiger partial charge in [0.25, 0.3) is 0 Å². The molecule has 2 aromatic rings. The molecule has 0 unspecified atom stereocenters. The number of benzene rings is 1. The Bertz CT molecular complexity index is 602. The van der Waals surface area contributed by atoms with Gasteiger partial charge in [-0.15, -0.1) is 11.3 Å². The average Bonchev–Trinajstić information content (AvgIpc) is 2.79. The molecule has 0 aliphatic carbocycles. The fourth-order valence-corrected chi connectivity index (χ4v) is 2.79. The minimum Gasteiger partial charge on any atom is -0.496 e. The van der Waals surface area contributed by atoms with Crippen LogP contribution in [0.2, 0.25) is 0 Å². The number of carbonyl (C=O) groups excluding carboxylic acids is 1. The largest absolute Gasteiger partial charge is 0.496 e. The van der Waals surface area contributed by atoms with E-state index in [1.807, 2.05) is 13.0 Å². The lowest BCUT2D eigenvalue weighted by Gasteiger charge is -2.11. The number of aromatic nitrogens is 1. The lowest BCUT2D eigenvalue weighted by Crippen LogP contribution is -1.92. The van der Waals surface area contributed by atoms with E-state index in [1.165, 1.54) is 16.9 Å². The van der Waals surface area contributed by atoms with Gasteiger partial charge in [-0.2, -0.15) is 0 Å². The topological polar surface area (TPSA) is 39.2 Å². The van der Waals surface area contributed by atoms with Crippen LogP contribution in [0.1, 0.15) is 40.7 Å². The van der Waals surface area contributed by atoms with E-state index in [0.717, 1.165) is 28.3 Å². The van der Waals surface area contributed by atoms with Gasteiger partial charge in [-0.25, -0.2) is 4.98 Å². The van der Waals surface area contributed by atoms with Crippen molar-refractivity contribution in [1.82, 2.24) is 4.98 Å². The summed E-state index contributed by atoms with van der Waals surface area (Å²) in [6.45, 7) is 6.15. The molecule has 2 rings (SSSR count). The molecule has 1 aromatic heterocycles. The zero-order valence-corrected chi connectivity index (χ0v) is 12.4. The number of carbonyl (C=O) groups is 1. The van der Waals surface area contributed by atoms with E-state index in [2.05, 4.69) is 31.0 Å². The van der Waals surface area contributed by atoms with Crippen LogP contribution in [0.25, 0.3) is 10.6 Å². The van der Waals surface area contributed by atoms with Crippen molar-refractivity contribution in [3.05, 3.63) is 34.3 Å². The van der Waals surface area contributed by atoms with Gasteiger partial charge < -0.3 is 4.74 Å². The van der Waals surface area contributed by atoms with Gasteiger partial charge in [0.15, 0.2) is 6.29 Å². The quantitative estimate of drug-likeness (QED) is 0.790. The number of aldehydes is 1. The summed E-state index contributed by atoms with van der Waals surface area (Å²) in [5.41, 5.74) is 2.96. The molecule has 1 heterocycles. The van der Waals surface area contributed by atoms with Crippen LogP contribution in [0.4, 0.5) is 0 Å². The van der Waals surface area contributed by atoms with Crippen molar-refractivity contribution >= 4 is 17.6 Å². The van der Waals surface area contributed by atoms with Crippen molar-refractivity contribution in [3.8, 4) is 16.3 Å². The van der Waals surface area contributed by atoms with Gasteiger partial charge >= 0.3 is 0 Å². The summed E-state index contributed by atoms with van der Waals surface area (Å²) in [7, 11) is 1.65. The first kappa shape index (κ1) is 13.7. The number of methoxy groups -OCH3 is 1. The van der Waals surface area contributed by atoms with Gasteiger partial charge in [-0.1, -0.05) is 19.9 Å². The zero-order chi connectivity index (χ0) is 14.0. The van der Waals surface area contributed by atoms with E-state index < -0.39 is 0 Å². The van der Waals surface area contributed by atoms with Crippen LogP contribution in [-0.2, 0) is 0 Å². The third-order valence-corrected chi connectivity index (χ3v) is 4.18. The fraction of sp³-hybridized carbons (Fsp3) is 0.333. The smallest absolute Gasteiger partial charge is 0.161 e. The Morgan fingerprint density at radius 1 is 1.37 bits per heavy atom. The Kier molecular flexibility index (Phi) is 4.00. The lowest BCUT2D eigenvalue weighted by atomic mass is 10.0. The molecule has 4 heteroatoms. The predicted molar refractivity (Wildman–Crippen MR) is 78.3 cm³/mol. The Morgan fingerprint density at radius 2 is 2.11 bits per heavy atom. The second-order valence-corrected chi connectivity index (χ2v) is 5.73. The Morgan fingerprint density at radius 3 is 2.63 bits per heavy atom. The number of ether oxygens (including phenoxy) is 1. The van der Waals surface area contributed by atoms with Crippen molar-refractivity contribution in [3.63, 3.8) is 0 Å². The zero-order valence-electron chi connectivity index (χ0n) is 11.6. The summed E-state index contributed by atoms with van der Waals surface area (Å²) in [5.74, 6) is 1.23. The summed E-state index contributed by atoms with van der Waals surface area (Å²) >= 11 is 1.40. The molecular weight excluding hydrogens is 258 g/mol. The number of hydrogen-bond donors (Lipinski definition) is 0. The molecule has 0 atom stereocenters. The summed E-state index contributed by atoms with van der Waals surface area (Å²) in [5, 5.41) is 0.832. The van der Waals surface area contributed by atoms with Crippen molar-refractivity contribution < 1.29 is 9.53 Å². The molecule has 0 bridgehead atoms. The minimum atomic E-state index is 0.441. The maximum Gasteiger partial charge on any atom is 0.161 e. The summed E-state index contributed by atoms with van der Waals surface area (Å²) < 4.78 is 5.40. The SMILES string of the molecule is COc1ccc(C(C)C)cc1-c1nc(C)c(C=O)s1. The molecule has 0 saturated heterocycles. The molecule has 0 aliphatic heterocycles. The molecule has 0 fully saturated rings. The first-order valence-corrected chi connectivity index (χ1v) is 6.99. The van der Waals surface area contributed by atoms with Crippen LogP contribution in [0.3, 0.4) is 0 Å². The summed E-state index contributed by atoms with van der Waals surface area (Å²) in [6.07, 6.45) is 0.856. The van der Waals surface area contributed by atoms with E-state index in [0.29, 0.717) is 10.8 Å². The van der Waals surface area contributed by atoms with Crippen molar-refractivity contribution in [2.75, 3.05) is 7.11 Å². The molecule has 100 valence electrons. The lowest BCUT2D eigenvalue weighted by molar-refractivity contribution is 0.112. The van der Waals surface area contributed by atoms with Gasteiger partial charge in [0.05, 0.1) is 23.2 Å². The van der Waals surface area contributed by atoms with Crippen LogP contribution in [-0.4, -0.2) is 18.4 Å². The molecule has 3 nitrogen and oxygen atoms in total. The van der Waals surface area contributed by atoms with Crippen molar-refractivity contribution in [1.29, 1.82) is 0 Å². The molecular formula is C15H17NO2S. The number of aryl methyl sites for hydroxylation is 1. The Labute approximate surface area is 117 Å². The number of thiazole rings is 1. The van der Waals surface area contributed by atoms with Crippen molar-refractivity contribution in [2.45, 2.75) is 26.7 Å². The molecule has 1 aromatic carbocycles. The molecule has 19 heavy (non-hydrogen) atoms. The molecule has 0 saturated carbocycles. The average molecular weight is 275 g/mol.